The Morgan fingerprint density at radius 2 is 1.90 bits per heavy atom. The van der Waals surface area contributed by atoms with Crippen LogP contribution in [0, 0.1) is 6.92 Å². The monoisotopic (exact) mass is 269 g/mol. The van der Waals surface area contributed by atoms with Crippen LogP contribution in [-0.2, 0) is 0 Å². The Balaban J connectivity index is 2.30. The maximum atomic E-state index is 12.5. The molecule has 0 aliphatic heterocycles. The van der Waals surface area contributed by atoms with E-state index in [0.29, 0.717) is 5.56 Å². The van der Waals surface area contributed by atoms with Crippen LogP contribution < -0.4 is 5.56 Å². The molecule has 0 saturated heterocycles. The minimum absolute atomic E-state index is 0.131. The summed E-state index contributed by atoms with van der Waals surface area (Å²) >= 11 is 0. The standard InChI is InChI=1S/C16H15NO3/c1-10-9-13(11-5-3-2-4-6-11)14(16(19)20)15(18)17(10)12-7-8-12/h2-6,9,12H,7-8H2,1H3,(H,19,20). The summed E-state index contributed by atoms with van der Waals surface area (Å²) in [5.74, 6) is -1.16. The van der Waals surface area contributed by atoms with Crippen molar-refractivity contribution in [3.8, 4) is 11.1 Å². The molecule has 3 rings (SSSR count). The van der Waals surface area contributed by atoms with Crippen molar-refractivity contribution >= 4 is 5.97 Å². The smallest absolute Gasteiger partial charge is 0.341 e. The fourth-order valence-corrected chi connectivity index (χ4v) is 2.59. The average Bonchev–Trinajstić information content (AvgIpc) is 3.23. The Morgan fingerprint density at radius 1 is 1.25 bits per heavy atom. The van der Waals surface area contributed by atoms with Gasteiger partial charge in [-0.05, 0) is 31.4 Å². The summed E-state index contributed by atoms with van der Waals surface area (Å²) in [6, 6.07) is 11.2. The molecule has 1 aromatic heterocycles. The fourth-order valence-electron chi connectivity index (χ4n) is 2.59. The van der Waals surface area contributed by atoms with Crippen LogP contribution in [0.2, 0.25) is 0 Å². The molecule has 0 unspecified atom stereocenters. The number of pyridine rings is 1. The summed E-state index contributed by atoms with van der Waals surface area (Å²) in [6.45, 7) is 1.86. The van der Waals surface area contributed by atoms with Gasteiger partial charge < -0.3 is 9.67 Å². The molecule has 1 aliphatic rings. The number of hydrogen-bond donors (Lipinski definition) is 1. The second kappa shape index (κ2) is 4.63. The van der Waals surface area contributed by atoms with E-state index < -0.39 is 5.97 Å². The van der Waals surface area contributed by atoms with Gasteiger partial charge in [0.2, 0.25) is 0 Å². The molecule has 0 spiro atoms. The lowest BCUT2D eigenvalue weighted by atomic mass is 10.00. The van der Waals surface area contributed by atoms with E-state index in [1.54, 1.807) is 10.6 Å². The maximum absolute atomic E-state index is 12.5. The zero-order valence-corrected chi connectivity index (χ0v) is 11.2. The van der Waals surface area contributed by atoms with Gasteiger partial charge in [0.25, 0.3) is 5.56 Å². The molecule has 1 N–H and O–H groups in total. The predicted molar refractivity (Wildman–Crippen MR) is 76.1 cm³/mol. The van der Waals surface area contributed by atoms with Gasteiger partial charge in [-0.1, -0.05) is 30.3 Å². The van der Waals surface area contributed by atoms with Crippen LogP contribution in [-0.4, -0.2) is 15.6 Å². The first-order valence-corrected chi connectivity index (χ1v) is 6.64. The largest absolute Gasteiger partial charge is 0.477 e. The normalized spacial score (nSPS) is 14.2. The van der Waals surface area contributed by atoms with Crippen LogP contribution in [0.15, 0.2) is 41.2 Å². The number of rotatable bonds is 3. The Hall–Kier alpha value is -2.36. The van der Waals surface area contributed by atoms with E-state index in [1.807, 2.05) is 37.3 Å². The summed E-state index contributed by atoms with van der Waals surface area (Å²) in [4.78, 5) is 24.0. The van der Waals surface area contributed by atoms with E-state index >= 15 is 0 Å². The van der Waals surface area contributed by atoms with Crippen molar-refractivity contribution in [3.05, 3.63) is 58.0 Å². The highest BCUT2D eigenvalue weighted by molar-refractivity contribution is 5.95. The van der Waals surface area contributed by atoms with Crippen molar-refractivity contribution in [2.24, 2.45) is 0 Å². The number of carboxylic acids is 1. The number of carbonyl (C=O) groups is 1. The lowest BCUT2D eigenvalue weighted by Crippen LogP contribution is -2.28. The van der Waals surface area contributed by atoms with Crippen molar-refractivity contribution in [3.63, 3.8) is 0 Å². The lowest BCUT2D eigenvalue weighted by molar-refractivity contribution is 0.0695. The first-order chi connectivity index (χ1) is 9.59. The van der Waals surface area contributed by atoms with E-state index in [4.69, 9.17) is 0 Å². The number of carboxylic acid groups (broad SMARTS) is 1. The van der Waals surface area contributed by atoms with Crippen LogP contribution in [0.4, 0.5) is 0 Å². The van der Waals surface area contributed by atoms with E-state index in [9.17, 15) is 14.7 Å². The molecule has 0 atom stereocenters. The van der Waals surface area contributed by atoms with Crippen LogP contribution >= 0.6 is 0 Å². The van der Waals surface area contributed by atoms with Gasteiger partial charge in [-0.15, -0.1) is 0 Å². The Bertz CT molecular complexity index is 727. The third kappa shape index (κ3) is 2.03. The zero-order chi connectivity index (χ0) is 14.3. The first-order valence-electron chi connectivity index (χ1n) is 6.64. The minimum Gasteiger partial charge on any atom is -0.477 e. The Morgan fingerprint density at radius 3 is 2.45 bits per heavy atom. The van der Waals surface area contributed by atoms with Crippen molar-refractivity contribution in [2.75, 3.05) is 0 Å². The summed E-state index contributed by atoms with van der Waals surface area (Å²) in [7, 11) is 0. The van der Waals surface area contributed by atoms with Gasteiger partial charge in [-0.25, -0.2) is 4.79 Å². The van der Waals surface area contributed by atoms with Crippen molar-refractivity contribution < 1.29 is 9.90 Å². The highest BCUT2D eigenvalue weighted by Crippen LogP contribution is 2.35. The van der Waals surface area contributed by atoms with E-state index in [1.165, 1.54) is 0 Å². The van der Waals surface area contributed by atoms with Crippen LogP contribution in [0.3, 0.4) is 0 Å². The van der Waals surface area contributed by atoms with Gasteiger partial charge in [-0.3, -0.25) is 4.79 Å². The van der Waals surface area contributed by atoms with Gasteiger partial charge in [0.05, 0.1) is 0 Å². The summed E-state index contributed by atoms with van der Waals surface area (Å²) < 4.78 is 1.62. The lowest BCUT2D eigenvalue weighted by Gasteiger charge is -2.14. The number of benzene rings is 1. The molecule has 0 amide bonds. The van der Waals surface area contributed by atoms with E-state index in [2.05, 4.69) is 0 Å². The van der Waals surface area contributed by atoms with Crippen molar-refractivity contribution in [2.45, 2.75) is 25.8 Å². The van der Waals surface area contributed by atoms with E-state index in [0.717, 1.165) is 24.1 Å². The second-order valence-corrected chi connectivity index (χ2v) is 5.15. The van der Waals surface area contributed by atoms with Crippen molar-refractivity contribution in [1.82, 2.24) is 4.57 Å². The highest BCUT2D eigenvalue weighted by Gasteiger charge is 2.29. The molecular weight excluding hydrogens is 254 g/mol. The van der Waals surface area contributed by atoms with Crippen molar-refractivity contribution in [1.29, 1.82) is 0 Å². The average molecular weight is 269 g/mol. The molecule has 4 heteroatoms. The summed E-state index contributed by atoms with van der Waals surface area (Å²) in [5.41, 5.74) is 1.56. The number of nitrogens with zero attached hydrogens (tertiary/aromatic N) is 1. The molecule has 1 aliphatic carbocycles. The highest BCUT2D eigenvalue weighted by atomic mass is 16.4. The Labute approximate surface area is 116 Å². The maximum Gasteiger partial charge on any atom is 0.341 e. The molecular formula is C16H15NO3. The molecule has 1 fully saturated rings. The van der Waals surface area contributed by atoms with Crippen LogP contribution in [0.25, 0.3) is 11.1 Å². The number of hydrogen-bond acceptors (Lipinski definition) is 2. The first kappa shape index (κ1) is 12.7. The minimum atomic E-state index is -1.16. The third-order valence-corrected chi connectivity index (χ3v) is 3.65. The SMILES string of the molecule is Cc1cc(-c2ccccc2)c(C(=O)O)c(=O)n1C1CC1. The van der Waals surface area contributed by atoms with Gasteiger partial charge in [-0.2, -0.15) is 0 Å². The molecule has 1 aromatic carbocycles. The molecule has 0 radical (unpaired) electrons. The molecule has 2 aromatic rings. The van der Waals surface area contributed by atoms with Crippen LogP contribution in [0.1, 0.15) is 34.9 Å². The third-order valence-electron chi connectivity index (χ3n) is 3.65. The number of aryl methyl sites for hydroxylation is 1. The zero-order valence-electron chi connectivity index (χ0n) is 11.2. The summed E-state index contributed by atoms with van der Waals surface area (Å²) in [6.07, 6.45) is 1.90. The van der Waals surface area contributed by atoms with Crippen LogP contribution in [0.5, 0.6) is 0 Å². The van der Waals surface area contributed by atoms with E-state index in [-0.39, 0.29) is 17.2 Å². The van der Waals surface area contributed by atoms with Gasteiger partial charge in [0, 0.05) is 17.3 Å². The topological polar surface area (TPSA) is 59.3 Å². The molecule has 20 heavy (non-hydrogen) atoms. The molecule has 0 bridgehead atoms. The van der Waals surface area contributed by atoms with Gasteiger partial charge in [0.15, 0.2) is 0 Å². The van der Waals surface area contributed by atoms with Gasteiger partial charge >= 0.3 is 5.97 Å². The Kier molecular flexibility index (Phi) is 2.93. The number of aromatic nitrogens is 1. The molecule has 1 saturated carbocycles. The number of aromatic carboxylic acids is 1. The summed E-state index contributed by atoms with van der Waals surface area (Å²) in [5, 5.41) is 9.41. The fraction of sp³-hybridized carbons (Fsp3) is 0.250. The van der Waals surface area contributed by atoms with Gasteiger partial charge in [0.1, 0.15) is 5.56 Å². The molecule has 102 valence electrons. The predicted octanol–water partition coefficient (Wildman–Crippen LogP) is 2.86. The molecule has 4 nitrogen and oxygen atoms in total. The second-order valence-electron chi connectivity index (χ2n) is 5.15. The molecule has 1 heterocycles. The quantitative estimate of drug-likeness (QED) is 0.932.